The maximum absolute atomic E-state index is 13.5. The third-order valence-corrected chi connectivity index (χ3v) is 6.66. The lowest BCUT2D eigenvalue weighted by Gasteiger charge is -2.35. The zero-order valence-electron chi connectivity index (χ0n) is 16.7. The Labute approximate surface area is 189 Å². The molecule has 0 spiro atoms. The molecule has 0 aliphatic carbocycles. The Morgan fingerprint density at radius 3 is 2.35 bits per heavy atom. The molecule has 1 aliphatic heterocycles. The van der Waals surface area contributed by atoms with Gasteiger partial charge in [-0.25, -0.2) is 9.97 Å². The van der Waals surface area contributed by atoms with Crippen LogP contribution in [0.3, 0.4) is 0 Å². The summed E-state index contributed by atoms with van der Waals surface area (Å²) in [6.45, 7) is 2.75. The van der Waals surface area contributed by atoms with Gasteiger partial charge in [-0.2, -0.15) is 0 Å². The molecule has 0 bridgehead atoms. The van der Waals surface area contributed by atoms with E-state index in [-0.39, 0.29) is 5.91 Å². The third-order valence-electron chi connectivity index (χ3n) is 5.29. The van der Waals surface area contributed by atoms with Crippen LogP contribution in [0, 0.1) is 0 Å². The van der Waals surface area contributed by atoms with Gasteiger partial charge in [0.2, 0.25) is 0 Å². The van der Waals surface area contributed by atoms with Crippen molar-refractivity contribution in [3.63, 3.8) is 0 Å². The average Bonchev–Trinajstić information content (AvgIpc) is 3.50. The number of rotatable bonds is 4. The lowest BCUT2D eigenvalue weighted by atomic mass is 10.1. The molecule has 31 heavy (non-hydrogen) atoms. The fourth-order valence-electron chi connectivity index (χ4n) is 3.65. The summed E-state index contributed by atoms with van der Waals surface area (Å²) >= 11 is 7.58. The normalized spacial score (nSPS) is 14.1. The number of anilines is 1. The van der Waals surface area contributed by atoms with Crippen molar-refractivity contribution in [2.45, 2.75) is 0 Å². The molecule has 6 nitrogen and oxygen atoms in total. The number of nitrogens with zero attached hydrogens (tertiary/aromatic N) is 5. The number of carbonyl (C=O) groups excluding carboxylic acids is 1. The molecule has 8 heteroatoms. The molecule has 0 unspecified atom stereocenters. The van der Waals surface area contributed by atoms with Crippen LogP contribution in [0.5, 0.6) is 0 Å². The molecule has 156 valence electrons. The summed E-state index contributed by atoms with van der Waals surface area (Å²) < 4.78 is 1.93. The van der Waals surface area contributed by atoms with Crippen LogP contribution in [-0.2, 0) is 0 Å². The van der Waals surface area contributed by atoms with Gasteiger partial charge in [-0.1, -0.05) is 41.1 Å². The molecule has 0 atom stereocenters. The van der Waals surface area contributed by atoms with Crippen molar-refractivity contribution in [1.82, 2.24) is 19.4 Å². The first-order chi connectivity index (χ1) is 15.2. The van der Waals surface area contributed by atoms with Crippen molar-refractivity contribution in [2.75, 3.05) is 31.1 Å². The van der Waals surface area contributed by atoms with E-state index in [1.165, 1.54) is 11.3 Å². The van der Waals surface area contributed by atoms with Crippen LogP contribution < -0.4 is 4.90 Å². The van der Waals surface area contributed by atoms with E-state index in [2.05, 4.69) is 9.88 Å². The summed E-state index contributed by atoms with van der Waals surface area (Å²) in [5.74, 6) is 0.903. The summed E-state index contributed by atoms with van der Waals surface area (Å²) in [6.07, 6.45) is 5.66. The number of aromatic nitrogens is 3. The van der Waals surface area contributed by atoms with Gasteiger partial charge in [0.05, 0.1) is 4.88 Å². The van der Waals surface area contributed by atoms with Gasteiger partial charge in [-0.15, -0.1) is 0 Å². The minimum Gasteiger partial charge on any atom is -0.353 e. The van der Waals surface area contributed by atoms with Crippen LogP contribution in [0.2, 0.25) is 5.02 Å². The van der Waals surface area contributed by atoms with Crippen LogP contribution >= 0.6 is 22.9 Å². The summed E-state index contributed by atoms with van der Waals surface area (Å²) in [5.41, 5.74) is 1.43. The average molecular weight is 450 g/mol. The van der Waals surface area contributed by atoms with Crippen molar-refractivity contribution in [3.8, 4) is 15.6 Å². The van der Waals surface area contributed by atoms with E-state index in [9.17, 15) is 4.79 Å². The maximum atomic E-state index is 13.5. The van der Waals surface area contributed by atoms with Crippen molar-refractivity contribution < 1.29 is 4.79 Å². The van der Waals surface area contributed by atoms with E-state index in [4.69, 9.17) is 16.6 Å². The maximum Gasteiger partial charge on any atom is 0.274 e. The van der Waals surface area contributed by atoms with Crippen LogP contribution in [0.25, 0.3) is 15.6 Å². The smallest absolute Gasteiger partial charge is 0.274 e. The van der Waals surface area contributed by atoms with Crippen LogP contribution in [0.4, 0.5) is 5.82 Å². The molecule has 4 aromatic rings. The van der Waals surface area contributed by atoms with E-state index < -0.39 is 0 Å². The molecule has 3 aromatic heterocycles. The van der Waals surface area contributed by atoms with E-state index in [1.54, 1.807) is 6.20 Å². The highest BCUT2D eigenvalue weighted by atomic mass is 35.5. The SMILES string of the molecule is O=C(c1nc(-n2cccc2)sc1-c1ccc(Cl)cc1)N1CCN(c2ccccn2)CC1. The number of hydrogen-bond acceptors (Lipinski definition) is 5. The summed E-state index contributed by atoms with van der Waals surface area (Å²) in [6, 6.07) is 17.3. The van der Waals surface area contributed by atoms with Crippen molar-refractivity contribution in [3.05, 3.63) is 83.9 Å². The fourth-order valence-corrected chi connectivity index (χ4v) is 4.81. The minimum absolute atomic E-state index is 0.0414. The zero-order valence-corrected chi connectivity index (χ0v) is 18.3. The first-order valence-corrected chi connectivity index (χ1v) is 11.2. The molecule has 4 heterocycles. The number of halogens is 1. The molecule has 1 saturated heterocycles. The molecular weight excluding hydrogens is 430 g/mol. The zero-order chi connectivity index (χ0) is 21.2. The van der Waals surface area contributed by atoms with Gasteiger partial charge in [-0.05, 0) is 42.0 Å². The van der Waals surface area contributed by atoms with Crippen molar-refractivity contribution >= 4 is 34.7 Å². The predicted octanol–water partition coefficient (Wildman–Crippen LogP) is 4.61. The first kappa shape index (κ1) is 19.8. The third kappa shape index (κ3) is 4.06. The van der Waals surface area contributed by atoms with Crippen LogP contribution in [0.15, 0.2) is 73.2 Å². The van der Waals surface area contributed by atoms with E-state index in [0.29, 0.717) is 23.8 Å². The summed E-state index contributed by atoms with van der Waals surface area (Å²) in [4.78, 5) is 27.6. The quantitative estimate of drug-likeness (QED) is 0.456. The van der Waals surface area contributed by atoms with Gasteiger partial charge in [-0.3, -0.25) is 4.79 Å². The highest BCUT2D eigenvalue weighted by Gasteiger charge is 2.28. The molecular formula is C23H20ClN5OS. The number of carbonyl (C=O) groups is 1. The highest BCUT2D eigenvalue weighted by molar-refractivity contribution is 7.17. The summed E-state index contributed by atoms with van der Waals surface area (Å²) in [7, 11) is 0. The lowest BCUT2D eigenvalue weighted by Crippen LogP contribution is -2.49. The summed E-state index contributed by atoms with van der Waals surface area (Å²) in [5, 5.41) is 1.43. The van der Waals surface area contributed by atoms with Crippen LogP contribution in [0.1, 0.15) is 10.5 Å². The Bertz CT molecular complexity index is 1170. The van der Waals surface area contributed by atoms with E-state index in [1.807, 2.05) is 76.5 Å². The number of pyridine rings is 1. The van der Waals surface area contributed by atoms with Gasteiger partial charge in [0.15, 0.2) is 5.13 Å². The first-order valence-electron chi connectivity index (χ1n) is 10.0. The largest absolute Gasteiger partial charge is 0.353 e. The minimum atomic E-state index is -0.0414. The van der Waals surface area contributed by atoms with E-state index >= 15 is 0 Å². The molecule has 1 amide bonds. The van der Waals surface area contributed by atoms with Crippen molar-refractivity contribution in [1.29, 1.82) is 0 Å². The fraction of sp³-hybridized carbons (Fsp3) is 0.174. The number of amides is 1. The Morgan fingerprint density at radius 1 is 0.935 bits per heavy atom. The lowest BCUT2D eigenvalue weighted by molar-refractivity contribution is 0.0742. The molecule has 1 fully saturated rings. The molecule has 0 saturated carbocycles. The molecule has 1 aliphatic rings. The Balaban J connectivity index is 1.42. The van der Waals surface area contributed by atoms with Gasteiger partial charge >= 0.3 is 0 Å². The molecule has 0 radical (unpaired) electrons. The second-order valence-electron chi connectivity index (χ2n) is 7.24. The molecule has 1 aromatic carbocycles. The molecule has 5 rings (SSSR count). The van der Waals surface area contributed by atoms with Gasteiger partial charge in [0, 0.05) is 49.8 Å². The monoisotopic (exact) mass is 449 g/mol. The van der Waals surface area contributed by atoms with Crippen molar-refractivity contribution in [2.24, 2.45) is 0 Å². The number of thiazole rings is 1. The van der Waals surface area contributed by atoms with Gasteiger partial charge < -0.3 is 14.4 Å². The predicted molar refractivity (Wildman–Crippen MR) is 124 cm³/mol. The second kappa shape index (κ2) is 8.53. The standard InChI is InChI=1S/C23H20ClN5OS/c24-18-8-6-17(7-9-18)21-20(26-23(31-21)29-11-3-4-12-29)22(30)28-15-13-27(14-16-28)19-5-1-2-10-25-19/h1-12H,13-16H2. The Kier molecular flexibility index (Phi) is 5.44. The highest BCUT2D eigenvalue weighted by Crippen LogP contribution is 2.34. The Hall–Kier alpha value is -3.16. The van der Waals surface area contributed by atoms with E-state index in [0.717, 1.165) is 34.5 Å². The number of benzene rings is 1. The number of hydrogen-bond donors (Lipinski definition) is 0. The topological polar surface area (TPSA) is 54.3 Å². The second-order valence-corrected chi connectivity index (χ2v) is 8.65. The van der Waals surface area contributed by atoms with Gasteiger partial charge in [0.25, 0.3) is 5.91 Å². The Morgan fingerprint density at radius 2 is 1.68 bits per heavy atom. The molecule has 0 N–H and O–H groups in total. The number of piperazine rings is 1. The van der Waals surface area contributed by atoms with Gasteiger partial charge in [0.1, 0.15) is 11.5 Å². The van der Waals surface area contributed by atoms with Crippen LogP contribution in [-0.4, -0.2) is 51.5 Å².